The average Bonchev–Trinajstić information content (AvgIpc) is 2.52. The van der Waals surface area contributed by atoms with Crippen molar-refractivity contribution in [3.05, 3.63) is 34.3 Å². The Labute approximate surface area is 153 Å². The summed E-state index contributed by atoms with van der Waals surface area (Å²) in [5.74, 6) is -0.265. The van der Waals surface area contributed by atoms with Crippen LogP contribution in [0.1, 0.15) is 50.6 Å². The van der Waals surface area contributed by atoms with Gasteiger partial charge in [0.05, 0.1) is 18.8 Å². The van der Waals surface area contributed by atoms with Gasteiger partial charge in [-0.25, -0.2) is 8.42 Å². The summed E-state index contributed by atoms with van der Waals surface area (Å²) in [5, 5.41) is 2.90. The molecule has 0 bridgehead atoms. The Kier molecular flexibility index (Phi) is 6.83. The van der Waals surface area contributed by atoms with E-state index in [-0.39, 0.29) is 24.5 Å². The predicted molar refractivity (Wildman–Crippen MR) is 99.1 cm³/mol. The van der Waals surface area contributed by atoms with E-state index >= 15 is 0 Å². The summed E-state index contributed by atoms with van der Waals surface area (Å²) in [5.41, 5.74) is 0.973. The maximum Gasteiger partial charge on any atom is 0.235 e. The number of benzene rings is 1. The second-order valence-electron chi connectivity index (χ2n) is 6.44. The van der Waals surface area contributed by atoms with Gasteiger partial charge >= 0.3 is 0 Å². The fourth-order valence-electron chi connectivity index (χ4n) is 3.17. The van der Waals surface area contributed by atoms with E-state index in [0.29, 0.717) is 0 Å². The van der Waals surface area contributed by atoms with Crippen molar-refractivity contribution in [3.8, 4) is 0 Å². The number of nitrogens with one attached hydrogen (secondary N) is 1. The molecule has 1 aromatic rings. The van der Waals surface area contributed by atoms with E-state index in [9.17, 15) is 13.2 Å². The van der Waals surface area contributed by atoms with Crippen molar-refractivity contribution in [2.45, 2.75) is 51.1 Å². The average molecular weight is 417 g/mol. The van der Waals surface area contributed by atoms with Crippen LogP contribution >= 0.6 is 15.9 Å². The van der Waals surface area contributed by atoms with E-state index in [1.54, 1.807) is 0 Å². The molecule has 1 aromatic carbocycles. The van der Waals surface area contributed by atoms with Crippen LogP contribution in [0.25, 0.3) is 0 Å². The second-order valence-corrected chi connectivity index (χ2v) is 9.29. The molecule has 24 heavy (non-hydrogen) atoms. The maximum atomic E-state index is 12.4. The van der Waals surface area contributed by atoms with E-state index < -0.39 is 10.0 Å². The van der Waals surface area contributed by atoms with Crippen molar-refractivity contribution >= 4 is 31.9 Å². The van der Waals surface area contributed by atoms with Crippen LogP contribution in [0.4, 0.5) is 0 Å². The molecular formula is C17H25BrN2O3S. The topological polar surface area (TPSA) is 66.5 Å². The number of amides is 1. The molecule has 0 radical (unpaired) electrons. The summed E-state index contributed by atoms with van der Waals surface area (Å²) in [6.07, 6.45) is 6.04. The van der Waals surface area contributed by atoms with Crippen LogP contribution in [0.5, 0.6) is 0 Å². The van der Waals surface area contributed by atoms with Crippen LogP contribution < -0.4 is 5.32 Å². The lowest BCUT2D eigenvalue weighted by molar-refractivity contribution is -0.122. The van der Waals surface area contributed by atoms with E-state index in [4.69, 9.17) is 0 Å². The number of rotatable bonds is 6. The molecule has 0 spiro atoms. The summed E-state index contributed by atoms with van der Waals surface area (Å²) in [6, 6.07) is 7.48. The first kappa shape index (κ1) is 19.4. The predicted octanol–water partition coefficient (Wildman–Crippen LogP) is 3.22. The van der Waals surface area contributed by atoms with E-state index in [1.807, 2.05) is 31.2 Å². The quantitative estimate of drug-likeness (QED) is 0.773. The molecule has 1 atom stereocenters. The van der Waals surface area contributed by atoms with Gasteiger partial charge in [0.2, 0.25) is 15.9 Å². The fourth-order valence-corrected chi connectivity index (χ4v) is 4.70. The van der Waals surface area contributed by atoms with Gasteiger partial charge in [-0.15, -0.1) is 0 Å². The lowest BCUT2D eigenvalue weighted by atomic mass is 9.95. The zero-order valence-corrected chi connectivity index (χ0v) is 16.6. The van der Waals surface area contributed by atoms with Gasteiger partial charge in [0, 0.05) is 10.5 Å². The molecule has 134 valence electrons. The van der Waals surface area contributed by atoms with E-state index in [2.05, 4.69) is 21.2 Å². The Morgan fingerprint density at radius 3 is 2.58 bits per heavy atom. The number of halogens is 1. The number of nitrogens with zero attached hydrogens (tertiary/aromatic N) is 1. The molecule has 1 saturated carbocycles. The minimum Gasteiger partial charge on any atom is -0.348 e. The minimum absolute atomic E-state index is 0.0549. The summed E-state index contributed by atoms with van der Waals surface area (Å²) < 4.78 is 26.5. The summed E-state index contributed by atoms with van der Waals surface area (Å²) in [6.45, 7) is 1.78. The largest absolute Gasteiger partial charge is 0.348 e. The summed E-state index contributed by atoms with van der Waals surface area (Å²) in [7, 11) is -3.40. The molecule has 0 saturated heterocycles. The Balaban J connectivity index is 2.02. The van der Waals surface area contributed by atoms with Crippen LogP contribution in [-0.2, 0) is 14.8 Å². The number of carbonyl (C=O) groups excluding carboxylic acids is 1. The number of hydrogen-bond donors (Lipinski definition) is 1. The highest BCUT2D eigenvalue weighted by molar-refractivity contribution is 9.10. The lowest BCUT2D eigenvalue weighted by Gasteiger charge is -2.32. The zero-order valence-electron chi connectivity index (χ0n) is 14.2. The third-order valence-corrected chi connectivity index (χ3v) is 6.21. The SMILES string of the molecule is C[C@@H](NC(=O)CN(C1CCCCC1)S(C)(=O)=O)c1cccc(Br)c1. The smallest absolute Gasteiger partial charge is 0.235 e. The first-order valence-corrected chi connectivity index (χ1v) is 10.9. The lowest BCUT2D eigenvalue weighted by Crippen LogP contribution is -2.46. The minimum atomic E-state index is -3.40. The molecule has 7 heteroatoms. The Bertz CT molecular complexity index is 672. The highest BCUT2D eigenvalue weighted by Gasteiger charge is 2.30. The summed E-state index contributed by atoms with van der Waals surface area (Å²) >= 11 is 3.41. The highest BCUT2D eigenvalue weighted by Crippen LogP contribution is 2.24. The number of sulfonamides is 1. The van der Waals surface area contributed by atoms with Gasteiger partial charge in [0.1, 0.15) is 0 Å². The molecular weight excluding hydrogens is 392 g/mol. The van der Waals surface area contributed by atoms with Gasteiger partial charge in [0.25, 0.3) is 0 Å². The van der Waals surface area contributed by atoms with Gasteiger partial charge < -0.3 is 5.32 Å². The standard InChI is InChI=1S/C17H25BrN2O3S/c1-13(14-7-6-8-15(18)11-14)19-17(21)12-20(24(2,22)23)16-9-4-3-5-10-16/h6-8,11,13,16H,3-5,9-10,12H2,1-2H3,(H,19,21)/t13-/m1/s1. The second kappa shape index (κ2) is 8.45. The molecule has 5 nitrogen and oxygen atoms in total. The molecule has 1 aliphatic rings. The van der Waals surface area contributed by atoms with Crippen molar-refractivity contribution in [1.82, 2.24) is 9.62 Å². The molecule has 1 N–H and O–H groups in total. The molecule has 1 fully saturated rings. The Morgan fingerprint density at radius 1 is 1.33 bits per heavy atom. The van der Waals surface area contributed by atoms with Crippen LogP contribution in [0.2, 0.25) is 0 Å². The number of hydrogen-bond acceptors (Lipinski definition) is 3. The zero-order chi connectivity index (χ0) is 17.7. The normalized spacial score (nSPS) is 17.7. The van der Waals surface area contributed by atoms with Crippen molar-refractivity contribution in [2.75, 3.05) is 12.8 Å². The molecule has 0 unspecified atom stereocenters. The molecule has 1 amide bonds. The van der Waals surface area contributed by atoms with Crippen LogP contribution in [-0.4, -0.2) is 37.5 Å². The Hall–Kier alpha value is -0.920. The molecule has 0 aromatic heterocycles. The van der Waals surface area contributed by atoms with Gasteiger partial charge in [-0.05, 0) is 37.5 Å². The van der Waals surface area contributed by atoms with Crippen molar-refractivity contribution in [3.63, 3.8) is 0 Å². The van der Waals surface area contributed by atoms with Crippen LogP contribution in [0, 0.1) is 0 Å². The van der Waals surface area contributed by atoms with Gasteiger partial charge in [-0.1, -0.05) is 47.3 Å². The first-order chi connectivity index (χ1) is 11.3. The highest BCUT2D eigenvalue weighted by atomic mass is 79.9. The van der Waals surface area contributed by atoms with Crippen LogP contribution in [0.3, 0.4) is 0 Å². The third kappa shape index (κ3) is 5.57. The van der Waals surface area contributed by atoms with E-state index in [1.165, 1.54) is 10.6 Å². The van der Waals surface area contributed by atoms with Crippen molar-refractivity contribution in [1.29, 1.82) is 0 Å². The van der Waals surface area contributed by atoms with Gasteiger partial charge in [0.15, 0.2) is 0 Å². The maximum absolute atomic E-state index is 12.4. The van der Waals surface area contributed by atoms with Gasteiger partial charge in [-0.2, -0.15) is 4.31 Å². The summed E-state index contributed by atoms with van der Waals surface area (Å²) in [4.78, 5) is 12.4. The fraction of sp³-hybridized carbons (Fsp3) is 0.588. The molecule has 1 aliphatic carbocycles. The number of carbonyl (C=O) groups is 1. The Morgan fingerprint density at radius 2 is 2.00 bits per heavy atom. The van der Waals surface area contributed by atoms with Crippen molar-refractivity contribution < 1.29 is 13.2 Å². The van der Waals surface area contributed by atoms with Gasteiger partial charge in [-0.3, -0.25) is 4.79 Å². The molecule has 0 heterocycles. The molecule has 2 rings (SSSR count). The monoisotopic (exact) mass is 416 g/mol. The third-order valence-electron chi connectivity index (χ3n) is 4.43. The van der Waals surface area contributed by atoms with Crippen LogP contribution in [0.15, 0.2) is 28.7 Å². The molecule has 0 aliphatic heterocycles. The van der Waals surface area contributed by atoms with Crippen molar-refractivity contribution in [2.24, 2.45) is 0 Å². The van der Waals surface area contributed by atoms with E-state index in [0.717, 1.165) is 42.1 Å². The first-order valence-electron chi connectivity index (χ1n) is 8.29.